The minimum Gasteiger partial charge on any atom is -0.507 e. The Morgan fingerprint density at radius 1 is 1.05 bits per heavy atom. The van der Waals surface area contributed by atoms with Crippen molar-refractivity contribution in [1.82, 2.24) is 4.98 Å². The Morgan fingerprint density at radius 2 is 1.79 bits per heavy atom. The molecule has 0 aliphatic carbocycles. The Bertz CT molecular complexity index is 1700. The fraction of sp³-hybridized carbons (Fsp3) is 0.172. The number of hydrogen-bond donors (Lipinski definition) is 1. The highest BCUT2D eigenvalue weighted by Gasteiger charge is 2.49. The van der Waals surface area contributed by atoms with Crippen LogP contribution in [-0.2, 0) is 14.3 Å². The molecule has 1 amide bonds. The van der Waals surface area contributed by atoms with E-state index in [0.717, 1.165) is 22.1 Å². The van der Waals surface area contributed by atoms with Gasteiger partial charge >= 0.3 is 11.9 Å². The highest BCUT2D eigenvalue weighted by Crippen LogP contribution is 2.46. The number of esters is 1. The third-order valence-electron chi connectivity index (χ3n) is 6.74. The third kappa shape index (κ3) is 4.00. The second-order valence-electron chi connectivity index (χ2n) is 9.00. The molecule has 196 valence electrons. The van der Waals surface area contributed by atoms with Crippen molar-refractivity contribution in [2.45, 2.75) is 13.0 Å². The molecule has 2 aliphatic rings. The second-order valence-corrected chi connectivity index (χ2v) is 9.98. The molecule has 10 heteroatoms. The number of ether oxygens (including phenoxy) is 3. The quantitative estimate of drug-likeness (QED) is 0.169. The van der Waals surface area contributed by atoms with Gasteiger partial charge in [0.05, 0.1) is 24.4 Å². The average Bonchev–Trinajstić information content (AvgIpc) is 3.47. The van der Waals surface area contributed by atoms with Crippen molar-refractivity contribution < 1.29 is 33.7 Å². The van der Waals surface area contributed by atoms with Gasteiger partial charge in [-0.15, -0.1) is 0 Å². The number of amides is 1. The number of Topliss-reactive ketones (excluding diaryl/α,β-unsaturated/α-hetero) is 1. The standard InChI is InChI=1S/C29H22N2O7S/c1-15-26(28(35)36-2)39-29(30-15)31-23(19-9-5-7-16-6-3-4-8-18(16)19)22(25(33)27(31)34)24(32)17-10-11-20-21(14-17)38-13-12-37-20/h3-11,14,23,32H,12-13H2,1-2H3. The molecular weight excluding hydrogens is 520 g/mol. The molecule has 1 aromatic heterocycles. The number of carbonyl (C=O) groups is 3. The van der Waals surface area contributed by atoms with Crippen LogP contribution >= 0.6 is 11.3 Å². The second kappa shape index (κ2) is 9.55. The monoisotopic (exact) mass is 542 g/mol. The molecule has 3 heterocycles. The number of rotatable bonds is 4. The number of thiazole rings is 1. The number of aryl methyl sites for hydroxylation is 1. The zero-order chi connectivity index (χ0) is 27.3. The summed E-state index contributed by atoms with van der Waals surface area (Å²) in [6.07, 6.45) is 0. The van der Waals surface area contributed by atoms with Crippen LogP contribution in [0.3, 0.4) is 0 Å². The number of anilines is 1. The van der Waals surface area contributed by atoms with Crippen LogP contribution in [0.1, 0.15) is 32.5 Å². The van der Waals surface area contributed by atoms with E-state index in [2.05, 4.69) is 4.98 Å². The van der Waals surface area contributed by atoms with Crippen LogP contribution in [0.25, 0.3) is 16.5 Å². The number of aromatic nitrogens is 1. The number of aliphatic hydroxyl groups is 1. The van der Waals surface area contributed by atoms with E-state index in [9.17, 15) is 19.5 Å². The maximum Gasteiger partial charge on any atom is 0.350 e. The Labute approximate surface area is 226 Å². The number of methoxy groups -OCH3 is 1. The van der Waals surface area contributed by atoms with Gasteiger partial charge in [-0.3, -0.25) is 14.5 Å². The molecule has 9 nitrogen and oxygen atoms in total. The summed E-state index contributed by atoms with van der Waals surface area (Å²) >= 11 is 0.954. The van der Waals surface area contributed by atoms with Gasteiger partial charge in [-0.05, 0) is 41.5 Å². The average molecular weight is 543 g/mol. The fourth-order valence-corrected chi connectivity index (χ4v) is 5.94. The predicted octanol–water partition coefficient (Wildman–Crippen LogP) is 4.79. The van der Waals surface area contributed by atoms with Crippen LogP contribution in [0.15, 0.2) is 66.2 Å². The van der Waals surface area contributed by atoms with Crippen molar-refractivity contribution in [2.24, 2.45) is 0 Å². The van der Waals surface area contributed by atoms with Gasteiger partial charge in [0.25, 0.3) is 5.78 Å². The van der Waals surface area contributed by atoms with Crippen LogP contribution in [0, 0.1) is 6.92 Å². The fourth-order valence-electron chi connectivity index (χ4n) is 4.93. The molecule has 39 heavy (non-hydrogen) atoms. The minimum atomic E-state index is -1.01. The van der Waals surface area contributed by atoms with Gasteiger partial charge in [-0.1, -0.05) is 53.8 Å². The normalized spacial score (nSPS) is 18.0. The highest BCUT2D eigenvalue weighted by molar-refractivity contribution is 7.17. The molecule has 0 spiro atoms. The van der Waals surface area contributed by atoms with Crippen molar-refractivity contribution in [3.8, 4) is 11.5 Å². The Hall–Kier alpha value is -4.70. The molecule has 1 unspecified atom stereocenters. The van der Waals surface area contributed by atoms with Gasteiger partial charge in [-0.2, -0.15) is 0 Å². The lowest BCUT2D eigenvalue weighted by Crippen LogP contribution is -2.29. The Balaban J connectivity index is 1.59. The summed E-state index contributed by atoms with van der Waals surface area (Å²) in [5.41, 5.74) is 1.19. The lowest BCUT2D eigenvalue weighted by atomic mass is 9.91. The van der Waals surface area contributed by atoms with E-state index in [0.29, 0.717) is 41.5 Å². The SMILES string of the molecule is COC(=O)c1sc(N2C(=O)C(=O)C(=C(O)c3ccc4c(c3)OCCO4)C2c2cccc3ccccc23)nc1C. The maximum absolute atomic E-state index is 13.6. The van der Waals surface area contributed by atoms with Crippen LogP contribution < -0.4 is 14.4 Å². The van der Waals surface area contributed by atoms with Crippen molar-refractivity contribution in [1.29, 1.82) is 0 Å². The lowest BCUT2D eigenvalue weighted by molar-refractivity contribution is -0.132. The van der Waals surface area contributed by atoms with Crippen LogP contribution in [0.5, 0.6) is 11.5 Å². The third-order valence-corrected chi connectivity index (χ3v) is 7.88. The van der Waals surface area contributed by atoms with Crippen LogP contribution in [0.2, 0.25) is 0 Å². The van der Waals surface area contributed by atoms with Crippen molar-refractivity contribution in [3.05, 3.63) is 87.9 Å². The molecule has 4 aromatic rings. The molecular formula is C29H22N2O7S. The first kappa shape index (κ1) is 24.6. The molecule has 3 aromatic carbocycles. The zero-order valence-electron chi connectivity index (χ0n) is 21.0. The summed E-state index contributed by atoms with van der Waals surface area (Å²) in [5, 5.41) is 13.4. The first-order valence-corrected chi connectivity index (χ1v) is 12.9. The van der Waals surface area contributed by atoms with E-state index >= 15 is 0 Å². The molecule has 0 radical (unpaired) electrons. The number of carbonyl (C=O) groups excluding carboxylic acids is 3. The first-order valence-electron chi connectivity index (χ1n) is 12.1. The molecule has 1 saturated heterocycles. The number of ketones is 1. The summed E-state index contributed by atoms with van der Waals surface area (Å²) in [6, 6.07) is 17.0. The molecule has 1 atom stereocenters. The summed E-state index contributed by atoms with van der Waals surface area (Å²) < 4.78 is 16.1. The molecule has 1 N–H and O–H groups in total. The largest absolute Gasteiger partial charge is 0.507 e. The topological polar surface area (TPSA) is 115 Å². The molecule has 0 bridgehead atoms. The van der Waals surface area contributed by atoms with Crippen LogP contribution in [-0.4, -0.2) is 48.1 Å². The Morgan fingerprint density at radius 3 is 2.59 bits per heavy atom. The summed E-state index contributed by atoms with van der Waals surface area (Å²) in [6.45, 7) is 2.39. The van der Waals surface area contributed by atoms with E-state index in [1.807, 2.05) is 42.5 Å². The van der Waals surface area contributed by atoms with Crippen molar-refractivity contribution in [2.75, 3.05) is 25.2 Å². The van der Waals surface area contributed by atoms with Gasteiger partial charge in [0.15, 0.2) is 16.6 Å². The van der Waals surface area contributed by atoms with Crippen molar-refractivity contribution in [3.63, 3.8) is 0 Å². The lowest BCUT2D eigenvalue weighted by Gasteiger charge is -2.24. The van der Waals surface area contributed by atoms with Gasteiger partial charge in [0.1, 0.15) is 23.9 Å². The van der Waals surface area contributed by atoms with Gasteiger partial charge in [0.2, 0.25) is 0 Å². The zero-order valence-corrected chi connectivity index (χ0v) is 21.8. The number of fused-ring (bicyclic) bond motifs is 2. The molecule has 6 rings (SSSR count). The van der Waals surface area contributed by atoms with E-state index < -0.39 is 23.7 Å². The maximum atomic E-state index is 13.6. The van der Waals surface area contributed by atoms with Gasteiger partial charge < -0.3 is 19.3 Å². The first-order chi connectivity index (χ1) is 18.9. The summed E-state index contributed by atoms with van der Waals surface area (Å²) in [4.78, 5) is 45.5. The molecule has 2 aliphatic heterocycles. The number of aliphatic hydroxyl groups excluding tert-OH is 1. The number of benzene rings is 3. The van der Waals surface area contributed by atoms with E-state index in [1.165, 1.54) is 12.0 Å². The number of nitrogens with zero attached hydrogens (tertiary/aromatic N) is 2. The molecule has 0 saturated carbocycles. The minimum absolute atomic E-state index is 0.0968. The van der Waals surface area contributed by atoms with E-state index in [-0.39, 0.29) is 21.3 Å². The van der Waals surface area contributed by atoms with Crippen LogP contribution in [0.4, 0.5) is 5.13 Å². The van der Waals surface area contributed by atoms with Gasteiger partial charge in [-0.25, -0.2) is 9.78 Å². The highest BCUT2D eigenvalue weighted by atomic mass is 32.1. The van der Waals surface area contributed by atoms with Gasteiger partial charge in [0, 0.05) is 5.56 Å². The number of hydrogen-bond acceptors (Lipinski definition) is 9. The van der Waals surface area contributed by atoms with E-state index in [4.69, 9.17) is 14.2 Å². The van der Waals surface area contributed by atoms with Crippen molar-refractivity contribution >= 4 is 50.7 Å². The summed E-state index contributed by atoms with van der Waals surface area (Å²) in [5.74, 6) is -1.72. The Kier molecular flexibility index (Phi) is 6.03. The smallest absolute Gasteiger partial charge is 0.350 e. The summed E-state index contributed by atoms with van der Waals surface area (Å²) in [7, 11) is 1.26. The van der Waals surface area contributed by atoms with E-state index in [1.54, 1.807) is 25.1 Å². The molecule has 1 fully saturated rings. The predicted molar refractivity (Wildman–Crippen MR) is 144 cm³/mol.